The van der Waals surface area contributed by atoms with Gasteiger partial charge in [0.1, 0.15) is 0 Å². The average Bonchev–Trinajstić information content (AvgIpc) is 3.45. The van der Waals surface area contributed by atoms with Gasteiger partial charge in [0, 0.05) is 22.2 Å². The number of hydrogen-bond donors (Lipinski definition) is 0. The van der Waals surface area contributed by atoms with Crippen molar-refractivity contribution in [3.05, 3.63) is 64.2 Å². The highest BCUT2D eigenvalue weighted by Crippen LogP contribution is 2.57. The molecule has 2 amide bonds. The quantitative estimate of drug-likeness (QED) is 0.509. The van der Waals surface area contributed by atoms with E-state index >= 15 is 0 Å². The van der Waals surface area contributed by atoms with E-state index < -0.39 is 23.3 Å². The summed E-state index contributed by atoms with van der Waals surface area (Å²) < 4.78 is 0. The number of carbonyl (C=O) groups is 4. The molecule has 31 heavy (non-hydrogen) atoms. The van der Waals surface area contributed by atoms with E-state index in [0.29, 0.717) is 34.8 Å². The van der Waals surface area contributed by atoms with Gasteiger partial charge in [0.05, 0.1) is 17.5 Å². The highest BCUT2D eigenvalue weighted by Gasteiger charge is 2.76. The lowest BCUT2D eigenvalue weighted by Gasteiger charge is -2.35. The largest absolute Gasteiger partial charge is 0.291 e. The monoisotopic (exact) mass is 434 g/mol. The maximum atomic E-state index is 13.8. The van der Waals surface area contributed by atoms with Crippen LogP contribution in [0.1, 0.15) is 39.1 Å². The van der Waals surface area contributed by atoms with Gasteiger partial charge in [-0.3, -0.25) is 24.1 Å². The van der Waals surface area contributed by atoms with Crippen LogP contribution in [0.25, 0.3) is 0 Å². The molecular formula is C24H19ClN2O4. The van der Waals surface area contributed by atoms with E-state index in [1.54, 1.807) is 49.4 Å². The first-order valence-corrected chi connectivity index (χ1v) is 10.9. The number of anilines is 1. The normalized spacial score (nSPS) is 28.6. The molecule has 3 atom stereocenters. The fraction of sp³-hybridized carbons (Fsp3) is 0.333. The molecule has 3 aliphatic heterocycles. The highest BCUT2D eigenvalue weighted by atomic mass is 35.5. The van der Waals surface area contributed by atoms with Crippen LogP contribution in [0.15, 0.2) is 42.5 Å². The number of rotatable bonds is 1. The van der Waals surface area contributed by atoms with Gasteiger partial charge in [-0.1, -0.05) is 41.9 Å². The van der Waals surface area contributed by atoms with E-state index in [0.717, 1.165) is 16.9 Å². The van der Waals surface area contributed by atoms with Crippen LogP contribution in [0.2, 0.25) is 5.02 Å². The standard InChI is InChI=1S/C24H19ClN2O4/c1-12-8-9-13(25)11-17(12)27-22(30)18-16-7-4-10-26(16)24(19(18)23(27)31)20(28)14-5-2-3-6-15(14)21(24)29/h2-3,5-6,8-9,11,16,18-19H,4,7,10H2,1H3/t16-,18-,19-/m1/s1. The zero-order valence-electron chi connectivity index (χ0n) is 16.8. The Bertz CT molecular complexity index is 1190. The minimum Gasteiger partial charge on any atom is -0.291 e. The van der Waals surface area contributed by atoms with Crippen LogP contribution in [-0.2, 0) is 9.59 Å². The Balaban J connectivity index is 1.56. The van der Waals surface area contributed by atoms with Crippen molar-refractivity contribution < 1.29 is 19.2 Å². The van der Waals surface area contributed by atoms with Crippen LogP contribution >= 0.6 is 11.6 Å². The number of aryl methyl sites for hydroxylation is 1. The van der Waals surface area contributed by atoms with Crippen molar-refractivity contribution in [3.63, 3.8) is 0 Å². The summed E-state index contributed by atoms with van der Waals surface area (Å²) in [4.78, 5) is 58.0. The topological polar surface area (TPSA) is 74.8 Å². The third-order valence-electron chi connectivity index (χ3n) is 7.49. The minimum absolute atomic E-state index is 0.298. The molecule has 0 N–H and O–H groups in total. The average molecular weight is 435 g/mol. The Morgan fingerprint density at radius 3 is 2.32 bits per heavy atom. The number of amides is 2. The maximum absolute atomic E-state index is 13.8. The summed E-state index contributed by atoms with van der Waals surface area (Å²) in [5.41, 5.74) is 0.222. The van der Waals surface area contributed by atoms with E-state index in [2.05, 4.69) is 0 Å². The number of hydrogen-bond acceptors (Lipinski definition) is 5. The molecule has 0 saturated carbocycles. The van der Waals surface area contributed by atoms with Crippen molar-refractivity contribution in [2.75, 3.05) is 11.4 Å². The summed E-state index contributed by atoms with van der Waals surface area (Å²) in [6.45, 7) is 2.33. The highest BCUT2D eigenvalue weighted by molar-refractivity contribution is 6.38. The summed E-state index contributed by atoms with van der Waals surface area (Å²) in [7, 11) is 0. The predicted molar refractivity (Wildman–Crippen MR) is 113 cm³/mol. The zero-order chi connectivity index (χ0) is 21.7. The lowest BCUT2D eigenvalue weighted by atomic mass is 9.76. The lowest BCUT2D eigenvalue weighted by Crippen LogP contribution is -2.59. The van der Waals surface area contributed by atoms with Crippen LogP contribution in [0, 0.1) is 18.8 Å². The molecule has 0 radical (unpaired) electrons. The SMILES string of the molecule is Cc1ccc(Cl)cc1N1C(=O)[C@@H]2[C@H]3CCCN3C3(C(=O)c4ccccc4C3=O)[C@H]2C1=O. The molecule has 2 aromatic rings. The summed E-state index contributed by atoms with van der Waals surface area (Å²) in [6, 6.07) is 11.5. The Hall–Kier alpha value is -2.83. The Morgan fingerprint density at radius 2 is 1.65 bits per heavy atom. The predicted octanol–water partition coefficient (Wildman–Crippen LogP) is 3.05. The van der Waals surface area contributed by atoms with Crippen molar-refractivity contribution in [3.8, 4) is 0 Å². The van der Waals surface area contributed by atoms with Crippen LogP contribution < -0.4 is 4.90 Å². The number of Topliss-reactive ketones (excluding diaryl/α,β-unsaturated/α-hetero) is 2. The minimum atomic E-state index is -1.62. The fourth-order valence-corrected chi connectivity index (χ4v) is 6.46. The van der Waals surface area contributed by atoms with Gasteiger partial charge < -0.3 is 0 Å². The number of imide groups is 1. The van der Waals surface area contributed by atoms with Crippen molar-refractivity contribution in [2.45, 2.75) is 31.3 Å². The van der Waals surface area contributed by atoms with Gasteiger partial charge in [-0.2, -0.15) is 0 Å². The zero-order valence-corrected chi connectivity index (χ0v) is 17.6. The number of halogens is 1. The van der Waals surface area contributed by atoms with Crippen LogP contribution in [-0.4, -0.2) is 46.4 Å². The summed E-state index contributed by atoms with van der Waals surface area (Å²) in [6.07, 6.45) is 1.46. The molecule has 6 nitrogen and oxygen atoms in total. The van der Waals surface area contributed by atoms with Crippen LogP contribution in [0.5, 0.6) is 0 Å². The van der Waals surface area contributed by atoms with E-state index in [4.69, 9.17) is 11.6 Å². The van der Waals surface area contributed by atoms with Crippen LogP contribution in [0.4, 0.5) is 5.69 Å². The third-order valence-corrected chi connectivity index (χ3v) is 7.72. The van der Waals surface area contributed by atoms with Gasteiger partial charge in [-0.05, 0) is 44.0 Å². The third kappa shape index (κ3) is 2.07. The second-order valence-corrected chi connectivity index (χ2v) is 9.26. The summed E-state index contributed by atoms with van der Waals surface area (Å²) >= 11 is 6.16. The molecule has 3 saturated heterocycles. The smallest absolute Gasteiger partial charge is 0.240 e. The Morgan fingerprint density at radius 1 is 0.968 bits per heavy atom. The van der Waals surface area contributed by atoms with Crippen molar-refractivity contribution in [2.24, 2.45) is 11.8 Å². The summed E-state index contributed by atoms with van der Waals surface area (Å²) in [5, 5.41) is 0.413. The van der Waals surface area contributed by atoms with Gasteiger partial charge in [0.25, 0.3) is 0 Å². The maximum Gasteiger partial charge on any atom is 0.240 e. The fourth-order valence-electron chi connectivity index (χ4n) is 6.30. The van der Waals surface area contributed by atoms with Gasteiger partial charge >= 0.3 is 0 Å². The van der Waals surface area contributed by atoms with Gasteiger partial charge in [0.15, 0.2) is 17.1 Å². The van der Waals surface area contributed by atoms with E-state index in [-0.39, 0.29) is 23.5 Å². The number of ketones is 2. The van der Waals surface area contributed by atoms with E-state index in [9.17, 15) is 19.2 Å². The molecule has 2 aromatic carbocycles. The van der Waals surface area contributed by atoms with Crippen molar-refractivity contribution in [1.82, 2.24) is 4.90 Å². The first-order chi connectivity index (χ1) is 14.9. The summed E-state index contributed by atoms with van der Waals surface area (Å²) in [5.74, 6) is -3.25. The number of benzene rings is 2. The molecule has 0 aromatic heterocycles. The molecule has 7 heteroatoms. The molecule has 156 valence electrons. The van der Waals surface area contributed by atoms with Gasteiger partial charge in [-0.25, -0.2) is 4.90 Å². The number of fused-ring (bicyclic) bond motifs is 6. The van der Waals surface area contributed by atoms with E-state index in [1.807, 2.05) is 4.90 Å². The molecule has 1 aliphatic carbocycles. The van der Waals surface area contributed by atoms with E-state index in [1.165, 1.54) is 0 Å². The first-order valence-electron chi connectivity index (χ1n) is 10.5. The van der Waals surface area contributed by atoms with Crippen molar-refractivity contribution in [1.29, 1.82) is 0 Å². The van der Waals surface area contributed by atoms with Gasteiger partial charge in [-0.15, -0.1) is 0 Å². The molecule has 1 spiro atoms. The second kappa shape index (κ2) is 6.11. The molecule has 4 aliphatic rings. The van der Waals surface area contributed by atoms with Crippen LogP contribution in [0.3, 0.4) is 0 Å². The molecule has 0 bridgehead atoms. The molecule has 6 rings (SSSR count). The van der Waals surface area contributed by atoms with Gasteiger partial charge in [0.2, 0.25) is 11.8 Å². The Kier molecular flexibility index (Phi) is 3.73. The first kappa shape index (κ1) is 18.9. The Labute approximate surface area is 183 Å². The second-order valence-electron chi connectivity index (χ2n) is 8.82. The van der Waals surface area contributed by atoms with Crippen molar-refractivity contribution >= 4 is 40.7 Å². The molecule has 0 unspecified atom stereocenters. The molecule has 3 fully saturated rings. The molecular weight excluding hydrogens is 416 g/mol. The number of nitrogens with zero attached hydrogens (tertiary/aromatic N) is 2. The molecule has 3 heterocycles. The lowest BCUT2D eigenvalue weighted by molar-refractivity contribution is -0.124. The number of carbonyl (C=O) groups excluding carboxylic acids is 4.